The third-order valence-corrected chi connectivity index (χ3v) is 3.69. The van der Waals surface area contributed by atoms with Gasteiger partial charge < -0.3 is 14.8 Å². The molecule has 0 aliphatic carbocycles. The summed E-state index contributed by atoms with van der Waals surface area (Å²) in [5.74, 6) is -2.06. The van der Waals surface area contributed by atoms with Crippen molar-refractivity contribution in [2.75, 3.05) is 0 Å². The van der Waals surface area contributed by atoms with Gasteiger partial charge in [-0.25, -0.2) is 9.37 Å². The van der Waals surface area contributed by atoms with Crippen molar-refractivity contribution in [2.45, 2.75) is 19.4 Å². The van der Waals surface area contributed by atoms with Gasteiger partial charge in [0.05, 0.1) is 12.5 Å². The van der Waals surface area contributed by atoms with Gasteiger partial charge in [-0.15, -0.1) is 0 Å². The van der Waals surface area contributed by atoms with Gasteiger partial charge in [-0.3, -0.25) is 9.59 Å². The molecule has 0 saturated carbocycles. The normalized spacial score (nSPS) is 12.1. The summed E-state index contributed by atoms with van der Waals surface area (Å²) < 4.78 is 18.5. The minimum atomic E-state index is -1.09. The van der Waals surface area contributed by atoms with E-state index in [1.54, 1.807) is 12.1 Å². The number of furan rings is 1. The van der Waals surface area contributed by atoms with Crippen LogP contribution in [-0.2, 0) is 4.79 Å². The van der Waals surface area contributed by atoms with Crippen molar-refractivity contribution in [3.63, 3.8) is 0 Å². The number of aliphatic carboxylic acids is 1. The van der Waals surface area contributed by atoms with Crippen LogP contribution in [0.1, 0.15) is 34.3 Å². The molecule has 6 nitrogen and oxygen atoms in total. The molecule has 0 unspecified atom stereocenters. The van der Waals surface area contributed by atoms with Crippen LogP contribution >= 0.6 is 0 Å². The number of hydrogen-bond donors (Lipinski definition) is 2. The van der Waals surface area contributed by atoms with Crippen LogP contribution in [0.15, 0.2) is 46.9 Å². The molecule has 0 aliphatic heterocycles. The SMILES string of the molecule is Cc1ccc2oc(C(=O)N[C@H](CC(=O)O)c3ccc(F)cc3)cc2n1. The smallest absolute Gasteiger partial charge is 0.305 e. The lowest BCUT2D eigenvalue weighted by Gasteiger charge is -2.16. The van der Waals surface area contributed by atoms with E-state index < -0.39 is 23.7 Å². The Balaban J connectivity index is 1.85. The largest absolute Gasteiger partial charge is 0.481 e. The molecule has 128 valence electrons. The average molecular weight is 342 g/mol. The van der Waals surface area contributed by atoms with Crippen molar-refractivity contribution in [3.8, 4) is 0 Å². The van der Waals surface area contributed by atoms with Crippen LogP contribution in [0.3, 0.4) is 0 Å². The van der Waals surface area contributed by atoms with Gasteiger partial charge in [-0.05, 0) is 36.8 Å². The van der Waals surface area contributed by atoms with Crippen LogP contribution in [0.5, 0.6) is 0 Å². The molecule has 0 fully saturated rings. The van der Waals surface area contributed by atoms with Gasteiger partial charge in [0.2, 0.25) is 0 Å². The summed E-state index contributed by atoms with van der Waals surface area (Å²) in [4.78, 5) is 27.8. The highest BCUT2D eigenvalue weighted by Crippen LogP contribution is 2.21. The Morgan fingerprint density at radius 2 is 1.96 bits per heavy atom. The molecule has 1 amide bonds. The number of hydrogen-bond acceptors (Lipinski definition) is 4. The highest BCUT2D eigenvalue weighted by molar-refractivity contribution is 5.95. The van der Waals surface area contributed by atoms with Gasteiger partial charge in [-0.2, -0.15) is 0 Å². The molecule has 1 aromatic carbocycles. The van der Waals surface area contributed by atoms with E-state index in [1.807, 2.05) is 6.92 Å². The maximum absolute atomic E-state index is 13.1. The predicted octanol–water partition coefficient (Wildman–Crippen LogP) is 3.22. The maximum atomic E-state index is 13.1. The quantitative estimate of drug-likeness (QED) is 0.743. The van der Waals surface area contributed by atoms with Gasteiger partial charge in [0.1, 0.15) is 11.3 Å². The lowest BCUT2D eigenvalue weighted by atomic mass is 10.0. The van der Waals surface area contributed by atoms with E-state index in [0.29, 0.717) is 16.7 Å². The summed E-state index contributed by atoms with van der Waals surface area (Å²) in [5, 5.41) is 11.7. The van der Waals surface area contributed by atoms with E-state index in [9.17, 15) is 14.0 Å². The van der Waals surface area contributed by atoms with Gasteiger partial charge >= 0.3 is 5.97 Å². The van der Waals surface area contributed by atoms with Crippen molar-refractivity contribution < 1.29 is 23.5 Å². The van der Waals surface area contributed by atoms with Gasteiger partial charge in [0, 0.05) is 11.8 Å². The van der Waals surface area contributed by atoms with Crippen LogP contribution < -0.4 is 5.32 Å². The Labute approximate surface area is 142 Å². The minimum absolute atomic E-state index is 0.0330. The Hall–Kier alpha value is -3.22. The number of halogens is 1. The molecule has 1 atom stereocenters. The van der Waals surface area contributed by atoms with Crippen LogP contribution in [0.25, 0.3) is 11.1 Å². The van der Waals surface area contributed by atoms with Crippen molar-refractivity contribution >= 4 is 23.0 Å². The zero-order valence-electron chi connectivity index (χ0n) is 13.3. The fourth-order valence-corrected chi connectivity index (χ4v) is 2.49. The molecule has 25 heavy (non-hydrogen) atoms. The van der Waals surface area contributed by atoms with Crippen molar-refractivity contribution in [2.24, 2.45) is 0 Å². The second-order valence-corrected chi connectivity index (χ2v) is 5.62. The summed E-state index contributed by atoms with van der Waals surface area (Å²) in [6.45, 7) is 1.82. The van der Waals surface area contributed by atoms with Crippen molar-refractivity contribution in [1.29, 1.82) is 0 Å². The van der Waals surface area contributed by atoms with Crippen LogP contribution in [0, 0.1) is 12.7 Å². The number of pyridine rings is 1. The fourth-order valence-electron chi connectivity index (χ4n) is 2.49. The first-order valence-electron chi connectivity index (χ1n) is 7.57. The van der Waals surface area contributed by atoms with Crippen LogP contribution in [-0.4, -0.2) is 22.0 Å². The molecule has 3 aromatic rings. The number of fused-ring (bicyclic) bond motifs is 1. The number of carboxylic acid groups (broad SMARTS) is 1. The average Bonchev–Trinajstić information content (AvgIpc) is 2.97. The monoisotopic (exact) mass is 342 g/mol. The zero-order valence-corrected chi connectivity index (χ0v) is 13.3. The molecule has 2 N–H and O–H groups in total. The number of nitrogens with one attached hydrogen (secondary N) is 1. The first-order valence-corrected chi connectivity index (χ1v) is 7.57. The molecule has 0 saturated heterocycles. The third kappa shape index (κ3) is 3.82. The number of carboxylic acids is 1. The van der Waals surface area contributed by atoms with Gasteiger partial charge in [-0.1, -0.05) is 12.1 Å². The Kier molecular flexibility index (Phi) is 4.47. The second-order valence-electron chi connectivity index (χ2n) is 5.62. The number of amides is 1. The number of aryl methyl sites for hydroxylation is 1. The summed E-state index contributed by atoms with van der Waals surface area (Å²) in [7, 11) is 0. The number of aromatic nitrogens is 1. The third-order valence-electron chi connectivity index (χ3n) is 3.69. The van der Waals surface area contributed by atoms with E-state index in [-0.39, 0.29) is 12.2 Å². The molecule has 2 heterocycles. The fraction of sp³-hybridized carbons (Fsp3) is 0.167. The summed E-state index contributed by atoms with van der Waals surface area (Å²) >= 11 is 0. The topological polar surface area (TPSA) is 92.4 Å². The van der Waals surface area contributed by atoms with Gasteiger partial charge in [0.15, 0.2) is 11.3 Å². The maximum Gasteiger partial charge on any atom is 0.305 e. The molecule has 0 bridgehead atoms. The van der Waals surface area contributed by atoms with Crippen molar-refractivity contribution in [1.82, 2.24) is 10.3 Å². The summed E-state index contributed by atoms with van der Waals surface area (Å²) in [6, 6.07) is 9.46. The Morgan fingerprint density at radius 3 is 2.64 bits per heavy atom. The minimum Gasteiger partial charge on any atom is -0.481 e. The van der Waals surface area contributed by atoms with E-state index in [4.69, 9.17) is 9.52 Å². The number of rotatable bonds is 5. The Bertz CT molecular complexity index is 934. The molecule has 3 rings (SSSR count). The summed E-state index contributed by atoms with van der Waals surface area (Å²) in [5.41, 5.74) is 2.28. The van der Waals surface area contributed by atoms with E-state index in [0.717, 1.165) is 5.69 Å². The van der Waals surface area contributed by atoms with E-state index in [1.165, 1.54) is 30.3 Å². The molecule has 7 heteroatoms. The highest BCUT2D eigenvalue weighted by Gasteiger charge is 2.21. The summed E-state index contributed by atoms with van der Waals surface area (Å²) in [6.07, 6.45) is -0.338. The number of benzene rings is 1. The number of nitrogens with zero attached hydrogens (tertiary/aromatic N) is 1. The zero-order chi connectivity index (χ0) is 18.0. The molecular formula is C18H15FN2O4. The van der Waals surface area contributed by atoms with E-state index in [2.05, 4.69) is 10.3 Å². The van der Waals surface area contributed by atoms with Crippen molar-refractivity contribution in [3.05, 3.63) is 65.3 Å². The second kappa shape index (κ2) is 6.72. The lowest BCUT2D eigenvalue weighted by molar-refractivity contribution is -0.137. The molecule has 2 aromatic heterocycles. The predicted molar refractivity (Wildman–Crippen MR) is 87.6 cm³/mol. The molecule has 0 radical (unpaired) electrons. The molecular weight excluding hydrogens is 327 g/mol. The van der Waals surface area contributed by atoms with E-state index >= 15 is 0 Å². The lowest BCUT2D eigenvalue weighted by Crippen LogP contribution is -2.30. The van der Waals surface area contributed by atoms with Crippen LogP contribution in [0.4, 0.5) is 4.39 Å². The highest BCUT2D eigenvalue weighted by atomic mass is 19.1. The first-order chi connectivity index (χ1) is 11.9. The van der Waals surface area contributed by atoms with Gasteiger partial charge in [0.25, 0.3) is 5.91 Å². The van der Waals surface area contributed by atoms with Crippen LogP contribution in [0.2, 0.25) is 0 Å². The molecule has 0 spiro atoms. The number of carbonyl (C=O) groups excluding carboxylic acids is 1. The molecule has 0 aliphatic rings. The first kappa shape index (κ1) is 16.6. The Morgan fingerprint density at radius 1 is 1.24 bits per heavy atom. The number of carbonyl (C=O) groups is 2. The standard InChI is InChI=1S/C18H15FN2O4/c1-10-2-7-15-14(20-10)8-16(25-15)18(24)21-13(9-17(22)23)11-3-5-12(19)6-4-11/h2-8,13H,9H2,1H3,(H,21,24)(H,22,23)/t13-/m1/s1.